The first-order valence-electron chi connectivity index (χ1n) is 7.86. The Hall–Kier alpha value is -0.700. The van der Waals surface area contributed by atoms with Gasteiger partial charge in [0.1, 0.15) is 0 Å². The van der Waals surface area contributed by atoms with E-state index >= 15 is 0 Å². The maximum Gasteiger partial charge on any atom is -0.00807 e. The van der Waals surface area contributed by atoms with Crippen LogP contribution >= 0.6 is 17.2 Å². The third kappa shape index (κ3) is 3.79. The van der Waals surface area contributed by atoms with Gasteiger partial charge in [-0.15, -0.1) is 9.24 Å². The highest BCUT2D eigenvalue weighted by Crippen LogP contribution is 2.59. The Morgan fingerprint density at radius 2 is 1.27 bits per heavy atom. The molecule has 0 heterocycles. The third-order valence-corrected chi connectivity index (χ3v) is 8.07. The molecular weight excluding hydrogens is 302 g/mol. The summed E-state index contributed by atoms with van der Waals surface area (Å²) >= 11 is 0. The molecule has 0 nitrogen and oxygen atoms in total. The first-order valence-corrected chi connectivity index (χ1v) is 9.78. The predicted molar refractivity (Wildman–Crippen MR) is 107 cm³/mol. The zero-order valence-electron chi connectivity index (χ0n) is 14.6. The van der Waals surface area contributed by atoms with Crippen LogP contribution in [0.3, 0.4) is 0 Å². The van der Waals surface area contributed by atoms with Gasteiger partial charge in [-0.3, -0.25) is 0 Å². The molecule has 0 N–H and O–H groups in total. The summed E-state index contributed by atoms with van der Waals surface area (Å²) in [6.45, 7) is 14.3. The first-order chi connectivity index (χ1) is 10.1. The number of rotatable bonds is 2. The van der Waals surface area contributed by atoms with E-state index in [4.69, 9.17) is 0 Å². The highest BCUT2D eigenvalue weighted by Gasteiger charge is 2.37. The Kier molecular flexibility index (Phi) is 5.16. The summed E-state index contributed by atoms with van der Waals surface area (Å²) in [5.41, 5.74) is 2.71. The van der Waals surface area contributed by atoms with Gasteiger partial charge in [-0.05, 0) is 32.0 Å². The summed E-state index contributed by atoms with van der Waals surface area (Å²) in [5, 5.41) is 3.42. The molecule has 2 rings (SSSR count). The van der Waals surface area contributed by atoms with Gasteiger partial charge in [0.05, 0.1) is 0 Å². The van der Waals surface area contributed by atoms with Crippen LogP contribution in [0.2, 0.25) is 0 Å². The molecule has 22 heavy (non-hydrogen) atoms. The van der Waals surface area contributed by atoms with E-state index in [9.17, 15) is 0 Å². The van der Waals surface area contributed by atoms with Crippen LogP contribution in [0.4, 0.5) is 0 Å². The molecule has 0 aliphatic carbocycles. The second kappa shape index (κ2) is 6.43. The van der Waals surface area contributed by atoms with E-state index in [0.29, 0.717) is 0 Å². The maximum atomic E-state index is 2.97. The predicted octanol–water partition coefficient (Wildman–Crippen LogP) is 5.56. The topological polar surface area (TPSA) is 0 Å². The summed E-state index contributed by atoms with van der Waals surface area (Å²) in [6, 6.07) is 17.5. The van der Waals surface area contributed by atoms with E-state index in [0.717, 1.165) is 0 Å². The molecule has 0 saturated carbocycles. The fourth-order valence-electron chi connectivity index (χ4n) is 3.34. The smallest absolute Gasteiger partial charge is 0.00807 e. The first kappa shape index (κ1) is 17.7. The van der Waals surface area contributed by atoms with Crippen molar-refractivity contribution >= 4 is 27.8 Å². The minimum atomic E-state index is -0.324. The number of hydrogen-bond donors (Lipinski definition) is 0. The molecule has 0 fully saturated rings. The van der Waals surface area contributed by atoms with Crippen molar-refractivity contribution in [2.24, 2.45) is 0 Å². The van der Waals surface area contributed by atoms with Crippen molar-refractivity contribution in [1.29, 1.82) is 0 Å². The molecule has 2 heteroatoms. The van der Waals surface area contributed by atoms with Gasteiger partial charge < -0.3 is 0 Å². The molecule has 118 valence electrons. The summed E-state index contributed by atoms with van der Waals surface area (Å²) in [5.74, 6) is 0. The van der Waals surface area contributed by atoms with Crippen LogP contribution in [0, 0.1) is 0 Å². The highest BCUT2D eigenvalue weighted by molar-refractivity contribution is 7.70. The average Bonchev–Trinajstić information content (AvgIpc) is 2.39. The molecule has 2 aromatic carbocycles. The summed E-state index contributed by atoms with van der Waals surface area (Å²) < 4.78 is 0. The van der Waals surface area contributed by atoms with Gasteiger partial charge in [-0.1, -0.05) is 98.0 Å². The Balaban J connectivity index is 2.73. The molecule has 0 aliphatic heterocycles. The molecule has 0 aliphatic rings. The van der Waals surface area contributed by atoms with Crippen molar-refractivity contribution in [2.45, 2.75) is 51.9 Å². The molecular formula is C20H28P2. The lowest BCUT2D eigenvalue weighted by atomic mass is 10.1. The molecule has 0 spiro atoms. The van der Waals surface area contributed by atoms with E-state index in [-0.39, 0.29) is 18.2 Å². The monoisotopic (exact) mass is 330 g/mol. The lowest BCUT2D eigenvalue weighted by Crippen LogP contribution is -2.36. The van der Waals surface area contributed by atoms with Crippen molar-refractivity contribution in [1.82, 2.24) is 0 Å². The molecule has 0 saturated heterocycles. The van der Waals surface area contributed by atoms with E-state index in [2.05, 4.69) is 99.3 Å². The van der Waals surface area contributed by atoms with Crippen LogP contribution < -0.4 is 10.6 Å². The van der Waals surface area contributed by atoms with Crippen LogP contribution in [0.15, 0.2) is 48.5 Å². The quantitative estimate of drug-likeness (QED) is 0.633. The second-order valence-electron chi connectivity index (χ2n) is 7.79. The van der Waals surface area contributed by atoms with Gasteiger partial charge in [0.2, 0.25) is 0 Å². The summed E-state index contributed by atoms with van der Waals surface area (Å²) in [7, 11) is 2.65. The average molecular weight is 330 g/mol. The summed E-state index contributed by atoms with van der Waals surface area (Å²) in [4.78, 5) is 0. The number of benzene rings is 2. The van der Waals surface area contributed by atoms with Crippen molar-refractivity contribution in [2.75, 3.05) is 0 Å². The molecule has 0 bridgehead atoms. The molecule has 0 radical (unpaired) electrons. The lowest BCUT2D eigenvalue weighted by molar-refractivity contribution is 0.715. The van der Waals surface area contributed by atoms with E-state index in [1.165, 1.54) is 21.7 Å². The van der Waals surface area contributed by atoms with Gasteiger partial charge in [-0.25, -0.2) is 0 Å². The molecule has 2 aromatic rings. The normalized spacial score (nSPS) is 12.7. The zero-order valence-corrected chi connectivity index (χ0v) is 16.7. The van der Waals surface area contributed by atoms with Gasteiger partial charge in [0.15, 0.2) is 0 Å². The van der Waals surface area contributed by atoms with Gasteiger partial charge >= 0.3 is 0 Å². The molecule has 0 amide bonds. The van der Waals surface area contributed by atoms with Crippen molar-refractivity contribution in [3.05, 3.63) is 48.5 Å². The van der Waals surface area contributed by atoms with Crippen LogP contribution in [-0.4, -0.2) is 10.3 Å². The van der Waals surface area contributed by atoms with Crippen molar-refractivity contribution in [3.63, 3.8) is 0 Å². The largest absolute Gasteiger partial charge is 0.105 e. The number of hydrogen-bond acceptors (Lipinski definition) is 0. The second-order valence-corrected chi connectivity index (χ2v) is 12.2. The van der Waals surface area contributed by atoms with Gasteiger partial charge in [0, 0.05) is 0 Å². The van der Waals surface area contributed by atoms with Crippen LogP contribution in [0.1, 0.15) is 41.5 Å². The fourth-order valence-corrected chi connectivity index (χ4v) is 8.12. The van der Waals surface area contributed by atoms with Gasteiger partial charge in [0.25, 0.3) is 0 Å². The Labute approximate surface area is 139 Å². The lowest BCUT2D eigenvalue weighted by Gasteiger charge is -2.43. The molecule has 1 atom stereocenters. The minimum absolute atomic E-state index is 0.268. The summed E-state index contributed by atoms with van der Waals surface area (Å²) in [6.07, 6.45) is 0. The highest BCUT2D eigenvalue weighted by atomic mass is 31.1. The Morgan fingerprint density at radius 3 is 1.77 bits per heavy atom. The van der Waals surface area contributed by atoms with Crippen molar-refractivity contribution in [3.8, 4) is 11.1 Å². The Morgan fingerprint density at radius 1 is 0.727 bits per heavy atom. The molecule has 1 unspecified atom stereocenters. The SMILES string of the molecule is CC(C)(C)P(c1c(P)cccc1-c1ccccc1)C(C)(C)C. The zero-order chi connectivity index (χ0) is 16.5. The van der Waals surface area contributed by atoms with Gasteiger partial charge in [-0.2, -0.15) is 0 Å². The van der Waals surface area contributed by atoms with Crippen LogP contribution in [0.5, 0.6) is 0 Å². The van der Waals surface area contributed by atoms with Crippen LogP contribution in [0.25, 0.3) is 11.1 Å². The van der Waals surface area contributed by atoms with E-state index in [1.807, 2.05) is 0 Å². The van der Waals surface area contributed by atoms with Crippen molar-refractivity contribution < 1.29 is 0 Å². The fraction of sp³-hybridized carbons (Fsp3) is 0.400. The van der Waals surface area contributed by atoms with Crippen LogP contribution in [-0.2, 0) is 0 Å². The minimum Gasteiger partial charge on any atom is -0.105 e. The van der Waals surface area contributed by atoms with E-state index in [1.54, 1.807) is 0 Å². The Bertz CT molecular complexity index is 617. The maximum absolute atomic E-state index is 2.97. The standard InChI is InChI=1S/C20H28P2/c1-19(2,3)22(20(4,5)6)18-16(13-10-14-17(18)21)15-11-8-7-9-12-15/h7-14H,21H2,1-6H3. The van der Waals surface area contributed by atoms with E-state index < -0.39 is 0 Å². The molecule has 0 aromatic heterocycles. The third-order valence-electron chi connectivity index (χ3n) is 3.72.